The van der Waals surface area contributed by atoms with Crippen molar-refractivity contribution < 1.29 is 18.3 Å². The molecule has 5 rings (SSSR count). The van der Waals surface area contributed by atoms with Gasteiger partial charge in [0, 0.05) is 29.0 Å². The maximum absolute atomic E-state index is 13.4. The molecule has 1 aliphatic rings. The van der Waals surface area contributed by atoms with Crippen LogP contribution in [-0.2, 0) is 6.18 Å². The Morgan fingerprint density at radius 3 is 2.36 bits per heavy atom. The van der Waals surface area contributed by atoms with E-state index in [1.807, 2.05) is 47.6 Å². The molecule has 5 nitrogen and oxygen atoms in total. The number of hydrogen-bond acceptors (Lipinski definition) is 3. The minimum Gasteiger partial charge on any atom is -0.508 e. The van der Waals surface area contributed by atoms with Crippen LogP contribution in [0.1, 0.15) is 40.3 Å². The summed E-state index contributed by atoms with van der Waals surface area (Å²) in [6.45, 7) is 3.77. The van der Waals surface area contributed by atoms with Gasteiger partial charge in [-0.15, -0.1) is 0 Å². The number of alkyl halides is 3. The van der Waals surface area contributed by atoms with Crippen molar-refractivity contribution >= 4 is 23.0 Å². The van der Waals surface area contributed by atoms with Gasteiger partial charge in [-0.3, -0.25) is 4.98 Å². The first-order valence-corrected chi connectivity index (χ1v) is 11.7. The molecule has 0 amide bonds. The van der Waals surface area contributed by atoms with Gasteiger partial charge in [0.1, 0.15) is 5.75 Å². The van der Waals surface area contributed by atoms with E-state index in [4.69, 9.17) is 12.2 Å². The fourth-order valence-corrected chi connectivity index (χ4v) is 5.21. The molecule has 9 heteroatoms. The van der Waals surface area contributed by atoms with Gasteiger partial charge in [-0.2, -0.15) is 13.2 Å². The van der Waals surface area contributed by atoms with Crippen molar-refractivity contribution in [1.29, 1.82) is 0 Å². The lowest BCUT2D eigenvalue weighted by molar-refractivity contribution is -0.137. The largest absolute Gasteiger partial charge is 0.508 e. The van der Waals surface area contributed by atoms with Crippen LogP contribution in [0.15, 0.2) is 79.0 Å². The summed E-state index contributed by atoms with van der Waals surface area (Å²) in [7, 11) is 0. The van der Waals surface area contributed by atoms with Crippen LogP contribution in [0.5, 0.6) is 5.75 Å². The zero-order valence-corrected chi connectivity index (χ0v) is 20.3. The molecule has 1 saturated heterocycles. The van der Waals surface area contributed by atoms with Crippen LogP contribution in [0, 0.1) is 13.8 Å². The molecule has 2 atom stereocenters. The summed E-state index contributed by atoms with van der Waals surface area (Å²) < 4.78 is 42.1. The predicted molar refractivity (Wildman–Crippen MR) is 136 cm³/mol. The van der Waals surface area contributed by atoms with Gasteiger partial charge in [-0.1, -0.05) is 12.1 Å². The molecule has 184 valence electrons. The van der Waals surface area contributed by atoms with Crippen LogP contribution in [0.25, 0.3) is 5.69 Å². The number of anilines is 1. The number of thiocarbonyl (C=S) groups is 1. The van der Waals surface area contributed by atoms with Crippen molar-refractivity contribution in [2.45, 2.75) is 32.1 Å². The lowest BCUT2D eigenvalue weighted by Gasteiger charge is -2.28. The Bertz CT molecular complexity index is 1420. The van der Waals surface area contributed by atoms with E-state index in [2.05, 4.69) is 10.3 Å². The normalized spacial score (nSPS) is 17.9. The SMILES string of the molecule is Cc1cc([C@H]2[C@@H](c3ccccn3)NC(=S)N2c2ccc(O)cc2)c(C)n1-c1cccc(C(F)(F)F)c1. The van der Waals surface area contributed by atoms with Crippen LogP contribution >= 0.6 is 12.2 Å². The molecule has 4 aromatic rings. The van der Waals surface area contributed by atoms with E-state index >= 15 is 0 Å². The molecular weight excluding hydrogens is 485 g/mol. The number of benzene rings is 2. The number of nitrogens with zero attached hydrogens (tertiary/aromatic N) is 3. The highest BCUT2D eigenvalue weighted by molar-refractivity contribution is 7.80. The van der Waals surface area contributed by atoms with Crippen LogP contribution < -0.4 is 10.2 Å². The van der Waals surface area contributed by atoms with Crippen molar-refractivity contribution in [2.24, 2.45) is 0 Å². The molecule has 1 aliphatic heterocycles. The maximum Gasteiger partial charge on any atom is 0.416 e. The third kappa shape index (κ3) is 4.19. The molecule has 0 aliphatic carbocycles. The molecule has 2 aromatic carbocycles. The predicted octanol–water partition coefficient (Wildman–Crippen LogP) is 6.39. The second-order valence-corrected chi connectivity index (χ2v) is 9.11. The zero-order chi connectivity index (χ0) is 25.6. The van der Waals surface area contributed by atoms with Gasteiger partial charge in [0.15, 0.2) is 5.11 Å². The van der Waals surface area contributed by atoms with Crippen LogP contribution in [-0.4, -0.2) is 19.8 Å². The van der Waals surface area contributed by atoms with E-state index in [0.29, 0.717) is 10.8 Å². The van der Waals surface area contributed by atoms with Crippen molar-refractivity contribution in [2.75, 3.05) is 4.90 Å². The molecule has 0 saturated carbocycles. The minimum atomic E-state index is -4.44. The summed E-state index contributed by atoms with van der Waals surface area (Å²) >= 11 is 5.74. The average Bonchev–Trinajstić information content (AvgIpc) is 3.35. The number of phenolic OH excluding ortho intramolecular Hbond substituents is 1. The van der Waals surface area contributed by atoms with Gasteiger partial charge in [0.2, 0.25) is 0 Å². The average molecular weight is 509 g/mol. The van der Waals surface area contributed by atoms with E-state index in [1.165, 1.54) is 6.07 Å². The van der Waals surface area contributed by atoms with Crippen LogP contribution in [0.3, 0.4) is 0 Å². The molecule has 2 N–H and O–H groups in total. The third-order valence-corrected chi connectivity index (χ3v) is 6.76. The highest BCUT2D eigenvalue weighted by Gasteiger charge is 2.42. The molecule has 2 aromatic heterocycles. The van der Waals surface area contributed by atoms with Crippen molar-refractivity contribution in [3.05, 3.63) is 107 Å². The van der Waals surface area contributed by atoms with Gasteiger partial charge >= 0.3 is 6.18 Å². The smallest absolute Gasteiger partial charge is 0.416 e. The number of phenols is 1. The Hall–Kier alpha value is -3.85. The fourth-order valence-electron chi connectivity index (χ4n) is 4.87. The standard InChI is InChI=1S/C27H23F3N4OS/c1-16-14-22(17(2)33(16)20-7-5-6-18(15-20)27(28,29)30)25-24(23-8-3-4-13-31-23)32-26(36)34(25)19-9-11-21(35)12-10-19/h3-15,24-25,35H,1-2H3,(H,32,36)/t24-,25+/m1/s1. The second-order valence-electron chi connectivity index (χ2n) is 8.72. The number of aromatic hydroxyl groups is 1. The first-order valence-electron chi connectivity index (χ1n) is 11.3. The third-order valence-electron chi connectivity index (χ3n) is 6.45. The number of halogens is 3. The Kier molecular flexibility index (Phi) is 5.96. The summed E-state index contributed by atoms with van der Waals surface area (Å²) in [5, 5.41) is 13.7. The first kappa shape index (κ1) is 23.9. The number of aromatic nitrogens is 2. The van der Waals surface area contributed by atoms with Crippen molar-refractivity contribution in [3.8, 4) is 11.4 Å². The topological polar surface area (TPSA) is 53.3 Å². The quantitative estimate of drug-likeness (QED) is 0.313. The molecule has 1 fully saturated rings. The number of aryl methyl sites for hydroxylation is 1. The van der Waals surface area contributed by atoms with E-state index < -0.39 is 11.7 Å². The highest BCUT2D eigenvalue weighted by Crippen LogP contribution is 2.44. The van der Waals surface area contributed by atoms with E-state index in [9.17, 15) is 18.3 Å². The van der Waals surface area contributed by atoms with E-state index in [1.54, 1.807) is 36.5 Å². The summed E-state index contributed by atoms with van der Waals surface area (Å²) in [6.07, 6.45) is -2.72. The number of rotatable bonds is 4. The second kappa shape index (κ2) is 8.98. The Morgan fingerprint density at radius 1 is 0.944 bits per heavy atom. The monoisotopic (exact) mass is 508 g/mol. The molecule has 36 heavy (non-hydrogen) atoms. The minimum absolute atomic E-state index is 0.136. The molecule has 0 spiro atoms. The fraction of sp³-hybridized carbons (Fsp3) is 0.185. The summed E-state index contributed by atoms with van der Waals surface area (Å²) in [5.41, 5.74) is 3.80. The molecule has 3 heterocycles. The number of pyridine rings is 1. The molecule has 0 radical (unpaired) electrons. The Balaban J connectivity index is 1.67. The Labute approximate surface area is 211 Å². The summed E-state index contributed by atoms with van der Waals surface area (Å²) in [4.78, 5) is 6.51. The van der Waals surface area contributed by atoms with Crippen molar-refractivity contribution in [1.82, 2.24) is 14.9 Å². The Morgan fingerprint density at radius 2 is 1.69 bits per heavy atom. The van der Waals surface area contributed by atoms with Gasteiger partial charge in [-0.05, 0) is 92.3 Å². The van der Waals surface area contributed by atoms with Gasteiger partial charge < -0.3 is 19.9 Å². The molecule has 0 unspecified atom stereocenters. The van der Waals surface area contributed by atoms with Crippen LogP contribution in [0.2, 0.25) is 0 Å². The summed E-state index contributed by atoms with van der Waals surface area (Å²) in [6, 6.07) is 19.1. The molecule has 0 bridgehead atoms. The maximum atomic E-state index is 13.4. The van der Waals surface area contributed by atoms with Crippen LogP contribution in [0.4, 0.5) is 18.9 Å². The lowest BCUT2D eigenvalue weighted by atomic mass is 9.96. The first-order chi connectivity index (χ1) is 17.1. The van der Waals surface area contributed by atoms with Crippen molar-refractivity contribution in [3.63, 3.8) is 0 Å². The van der Waals surface area contributed by atoms with Gasteiger partial charge in [-0.25, -0.2) is 0 Å². The number of hydrogen-bond donors (Lipinski definition) is 2. The lowest BCUT2D eigenvalue weighted by Crippen LogP contribution is -2.29. The summed E-state index contributed by atoms with van der Waals surface area (Å²) in [5.74, 6) is 0.136. The zero-order valence-electron chi connectivity index (χ0n) is 19.5. The number of nitrogens with one attached hydrogen (secondary N) is 1. The van der Waals surface area contributed by atoms with E-state index in [-0.39, 0.29) is 17.8 Å². The molecular formula is C27H23F3N4OS. The van der Waals surface area contributed by atoms with Gasteiger partial charge in [0.25, 0.3) is 0 Å². The van der Waals surface area contributed by atoms with Gasteiger partial charge in [0.05, 0.1) is 23.3 Å². The highest BCUT2D eigenvalue weighted by atomic mass is 32.1. The van der Waals surface area contributed by atoms with E-state index in [0.717, 1.165) is 40.5 Å².